The summed E-state index contributed by atoms with van der Waals surface area (Å²) in [7, 11) is 0. The van der Waals surface area contributed by atoms with E-state index in [9.17, 15) is 14.4 Å². The summed E-state index contributed by atoms with van der Waals surface area (Å²) in [5.74, 6) is -1.00. The van der Waals surface area contributed by atoms with Crippen molar-refractivity contribution in [3.63, 3.8) is 0 Å². The average Bonchev–Trinajstić information content (AvgIpc) is 3.30. The molecule has 0 bridgehead atoms. The van der Waals surface area contributed by atoms with Gasteiger partial charge in [-0.05, 0) is 19.4 Å². The number of ether oxygens (including phenoxy) is 1. The van der Waals surface area contributed by atoms with Crippen molar-refractivity contribution in [1.29, 1.82) is 0 Å². The Morgan fingerprint density at radius 3 is 2.83 bits per heavy atom. The number of benzene rings is 1. The molecule has 1 aliphatic rings. The zero-order chi connectivity index (χ0) is 20.5. The van der Waals surface area contributed by atoms with E-state index in [1.165, 1.54) is 21.9 Å². The van der Waals surface area contributed by atoms with Crippen LogP contribution < -0.4 is 5.56 Å². The molecule has 8 nitrogen and oxygen atoms in total. The molecule has 0 spiro atoms. The Morgan fingerprint density at radius 2 is 2.07 bits per heavy atom. The van der Waals surface area contributed by atoms with Gasteiger partial charge in [-0.25, -0.2) is 4.98 Å². The number of nitrogens with zero attached hydrogens (tertiary/aromatic N) is 4. The van der Waals surface area contributed by atoms with Crippen molar-refractivity contribution in [3.8, 4) is 0 Å². The second-order valence-corrected chi connectivity index (χ2v) is 8.11. The molecule has 9 heteroatoms. The van der Waals surface area contributed by atoms with Gasteiger partial charge < -0.3 is 9.64 Å². The molecule has 29 heavy (non-hydrogen) atoms. The Bertz CT molecular complexity index is 1120. The summed E-state index contributed by atoms with van der Waals surface area (Å²) >= 11 is 1.20. The maximum Gasteiger partial charge on any atom is 0.311 e. The number of carbonyl (C=O) groups is 2. The van der Waals surface area contributed by atoms with E-state index < -0.39 is 11.9 Å². The predicted molar refractivity (Wildman–Crippen MR) is 106 cm³/mol. The van der Waals surface area contributed by atoms with Crippen molar-refractivity contribution in [1.82, 2.24) is 19.5 Å². The molecule has 0 radical (unpaired) electrons. The van der Waals surface area contributed by atoms with Gasteiger partial charge in [-0.3, -0.25) is 14.4 Å². The van der Waals surface area contributed by atoms with Crippen LogP contribution in [0.4, 0.5) is 0 Å². The molecule has 2 atom stereocenters. The molecule has 3 aromatic rings. The SMILES string of the molecule is Cc1cc(=O)n2nc(COC(=O)[C@H]3CC(=O)N([C@H](C)c4ccccc4)C3)sc2n1. The Labute approximate surface area is 170 Å². The number of aromatic nitrogens is 3. The molecule has 2 aromatic heterocycles. The van der Waals surface area contributed by atoms with Crippen molar-refractivity contribution in [2.45, 2.75) is 32.9 Å². The fraction of sp³-hybridized carbons (Fsp3) is 0.350. The first-order valence-corrected chi connectivity index (χ1v) is 10.1. The zero-order valence-electron chi connectivity index (χ0n) is 16.1. The third kappa shape index (κ3) is 3.91. The monoisotopic (exact) mass is 412 g/mol. The van der Waals surface area contributed by atoms with Crippen LogP contribution in [0.2, 0.25) is 0 Å². The van der Waals surface area contributed by atoms with Gasteiger partial charge in [0.15, 0.2) is 5.01 Å². The zero-order valence-corrected chi connectivity index (χ0v) is 16.9. The highest BCUT2D eigenvalue weighted by Gasteiger charge is 2.38. The fourth-order valence-electron chi connectivity index (χ4n) is 3.44. The lowest BCUT2D eigenvalue weighted by Gasteiger charge is -2.25. The van der Waals surface area contributed by atoms with E-state index >= 15 is 0 Å². The molecular formula is C20H20N4O4S. The summed E-state index contributed by atoms with van der Waals surface area (Å²) in [4.78, 5) is 43.3. The van der Waals surface area contributed by atoms with Gasteiger partial charge in [-0.15, -0.1) is 0 Å². The molecule has 0 N–H and O–H groups in total. The summed E-state index contributed by atoms with van der Waals surface area (Å²) < 4.78 is 6.58. The molecule has 3 heterocycles. The minimum absolute atomic E-state index is 0.0513. The highest BCUT2D eigenvalue weighted by atomic mass is 32.1. The number of likely N-dealkylation sites (tertiary alicyclic amines) is 1. The van der Waals surface area contributed by atoms with Crippen LogP contribution in [0, 0.1) is 12.8 Å². The molecule has 4 rings (SSSR count). The third-order valence-electron chi connectivity index (χ3n) is 4.99. The first kappa shape index (κ1) is 19.3. The van der Waals surface area contributed by atoms with E-state index in [-0.39, 0.29) is 30.5 Å². The van der Waals surface area contributed by atoms with Crippen molar-refractivity contribution in [3.05, 3.63) is 63.0 Å². The van der Waals surface area contributed by atoms with Crippen molar-refractivity contribution < 1.29 is 14.3 Å². The molecular weight excluding hydrogens is 392 g/mol. The van der Waals surface area contributed by atoms with E-state index in [0.29, 0.717) is 22.2 Å². The topological polar surface area (TPSA) is 93.9 Å². The quantitative estimate of drug-likeness (QED) is 0.596. The molecule has 1 aromatic carbocycles. The second kappa shape index (κ2) is 7.75. The molecule has 150 valence electrons. The van der Waals surface area contributed by atoms with Crippen molar-refractivity contribution >= 4 is 28.2 Å². The van der Waals surface area contributed by atoms with Crippen molar-refractivity contribution in [2.24, 2.45) is 5.92 Å². The standard InChI is InChI=1S/C20H20N4O4S/c1-12-8-18(26)24-20(21-12)29-16(22-24)11-28-19(27)15-9-17(25)23(10-15)13(2)14-6-4-3-5-7-14/h3-8,13,15H,9-11H2,1-2H3/t13-,15+/m1/s1. The Hall–Kier alpha value is -3.07. The third-order valence-corrected chi connectivity index (χ3v) is 5.88. The van der Waals surface area contributed by atoms with Gasteiger partial charge >= 0.3 is 5.97 Å². The lowest BCUT2D eigenvalue weighted by Crippen LogP contribution is -2.29. The van der Waals surface area contributed by atoms with Gasteiger partial charge in [0, 0.05) is 24.7 Å². The predicted octanol–water partition coefficient (Wildman–Crippen LogP) is 2.11. The molecule has 0 unspecified atom stereocenters. The minimum Gasteiger partial charge on any atom is -0.458 e. The van der Waals surface area contributed by atoms with Gasteiger partial charge in [0.2, 0.25) is 10.9 Å². The van der Waals surface area contributed by atoms with Crippen LogP contribution in [0.15, 0.2) is 41.2 Å². The lowest BCUT2D eigenvalue weighted by atomic mass is 10.1. The number of esters is 1. The van der Waals surface area contributed by atoms with E-state index in [2.05, 4.69) is 10.1 Å². The van der Waals surface area contributed by atoms with E-state index in [1.54, 1.807) is 11.8 Å². The maximum absolute atomic E-state index is 12.5. The van der Waals surface area contributed by atoms with Crippen LogP contribution in [0.3, 0.4) is 0 Å². The van der Waals surface area contributed by atoms with Crippen LogP contribution in [-0.4, -0.2) is 37.9 Å². The van der Waals surface area contributed by atoms with E-state index in [0.717, 1.165) is 5.56 Å². The Kier molecular flexibility index (Phi) is 5.14. The second-order valence-electron chi connectivity index (χ2n) is 7.07. The molecule has 0 saturated carbocycles. The fourth-order valence-corrected chi connectivity index (χ4v) is 4.30. The van der Waals surface area contributed by atoms with Gasteiger partial charge in [0.1, 0.15) is 6.61 Å². The maximum atomic E-state index is 12.5. The first-order valence-electron chi connectivity index (χ1n) is 9.30. The largest absolute Gasteiger partial charge is 0.458 e. The van der Waals surface area contributed by atoms with Crippen LogP contribution in [0.5, 0.6) is 0 Å². The number of fused-ring (bicyclic) bond motifs is 1. The molecule has 1 fully saturated rings. The van der Waals surface area contributed by atoms with Gasteiger partial charge in [-0.1, -0.05) is 41.7 Å². The first-order chi connectivity index (χ1) is 13.9. The summed E-state index contributed by atoms with van der Waals surface area (Å²) in [5, 5.41) is 4.63. The molecule has 1 saturated heterocycles. The van der Waals surface area contributed by atoms with Crippen LogP contribution in [-0.2, 0) is 20.9 Å². The summed E-state index contributed by atoms with van der Waals surface area (Å²) in [6.45, 7) is 3.97. The van der Waals surface area contributed by atoms with Crippen LogP contribution in [0.25, 0.3) is 4.96 Å². The van der Waals surface area contributed by atoms with E-state index in [4.69, 9.17) is 4.74 Å². The number of carbonyl (C=O) groups excluding carboxylic acids is 2. The van der Waals surface area contributed by atoms with Crippen LogP contribution in [0.1, 0.15) is 35.7 Å². The summed E-state index contributed by atoms with van der Waals surface area (Å²) in [5.41, 5.74) is 1.37. The lowest BCUT2D eigenvalue weighted by molar-refractivity contribution is -0.149. The van der Waals surface area contributed by atoms with E-state index in [1.807, 2.05) is 37.3 Å². The molecule has 1 aliphatic heterocycles. The van der Waals surface area contributed by atoms with Gasteiger partial charge in [0.05, 0.1) is 12.0 Å². The number of amides is 1. The van der Waals surface area contributed by atoms with Gasteiger partial charge in [0.25, 0.3) is 5.56 Å². The Morgan fingerprint density at radius 1 is 1.31 bits per heavy atom. The van der Waals surface area contributed by atoms with Crippen molar-refractivity contribution in [2.75, 3.05) is 6.54 Å². The number of aryl methyl sites for hydroxylation is 1. The number of hydrogen-bond donors (Lipinski definition) is 0. The summed E-state index contributed by atoms with van der Waals surface area (Å²) in [6.07, 6.45) is 0.135. The normalized spacial score (nSPS) is 17.7. The van der Waals surface area contributed by atoms with Crippen LogP contribution >= 0.6 is 11.3 Å². The number of hydrogen-bond acceptors (Lipinski definition) is 7. The number of rotatable bonds is 5. The highest BCUT2D eigenvalue weighted by Crippen LogP contribution is 2.29. The minimum atomic E-state index is -0.508. The van der Waals surface area contributed by atoms with Gasteiger partial charge in [-0.2, -0.15) is 9.61 Å². The average molecular weight is 412 g/mol. The smallest absolute Gasteiger partial charge is 0.311 e. The summed E-state index contributed by atoms with van der Waals surface area (Å²) in [6, 6.07) is 11.0. The molecule has 1 amide bonds. The Balaban J connectivity index is 1.40. The molecule has 0 aliphatic carbocycles. The highest BCUT2D eigenvalue weighted by molar-refractivity contribution is 7.16.